The van der Waals surface area contributed by atoms with Gasteiger partial charge in [-0.25, -0.2) is 0 Å². The first-order chi connectivity index (χ1) is 9.65. The van der Waals surface area contributed by atoms with Gasteiger partial charge in [-0.2, -0.15) is 0 Å². The predicted molar refractivity (Wildman–Crippen MR) is 89.1 cm³/mol. The van der Waals surface area contributed by atoms with E-state index in [0.717, 1.165) is 5.75 Å². The number of halogens is 2. The van der Waals surface area contributed by atoms with Gasteiger partial charge >= 0.3 is 0 Å². The van der Waals surface area contributed by atoms with Crippen molar-refractivity contribution in [3.8, 4) is 0 Å². The average Bonchev–Trinajstić information content (AvgIpc) is 2.76. The molecule has 1 nitrogen and oxygen atoms in total. The van der Waals surface area contributed by atoms with Crippen LogP contribution in [0.5, 0.6) is 0 Å². The summed E-state index contributed by atoms with van der Waals surface area (Å²) in [5.41, 5.74) is 3.56. The number of aromatic nitrogens is 1. The maximum atomic E-state index is 6.05. The fourth-order valence-corrected chi connectivity index (χ4v) is 3.63. The quantitative estimate of drug-likeness (QED) is 0.578. The molecule has 4 heteroatoms. The highest BCUT2D eigenvalue weighted by atomic mass is 35.5. The molecule has 0 spiro atoms. The number of H-pyrrole nitrogens is 1. The van der Waals surface area contributed by atoms with Gasteiger partial charge < -0.3 is 4.98 Å². The molecule has 0 aliphatic rings. The van der Waals surface area contributed by atoms with E-state index in [1.807, 2.05) is 36.0 Å². The summed E-state index contributed by atoms with van der Waals surface area (Å²) in [6, 6.07) is 14.2. The molecule has 102 valence electrons. The standard InChI is InChI=1S/C16H13Cl2NS/c1-10-16(12-4-2-3-5-15(12)19-10)20-9-11-6-7-13(17)14(18)8-11/h2-8,19H,9H2,1H3. The number of nitrogens with one attached hydrogen (secondary N) is 1. The molecular weight excluding hydrogens is 309 g/mol. The molecule has 1 N–H and O–H groups in total. The normalized spacial score (nSPS) is 11.2. The zero-order chi connectivity index (χ0) is 14.1. The van der Waals surface area contributed by atoms with Gasteiger partial charge in [0.25, 0.3) is 0 Å². The lowest BCUT2D eigenvalue weighted by Gasteiger charge is -2.04. The van der Waals surface area contributed by atoms with Crippen LogP contribution >= 0.6 is 35.0 Å². The minimum absolute atomic E-state index is 0.601. The SMILES string of the molecule is Cc1[nH]c2ccccc2c1SCc1ccc(Cl)c(Cl)c1. The molecule has 0 saturated heterocycles. The molecule has 0 unspecified atom stereocenters. The van der Waals surface area contributed by atoms with Crippen molar-refractivity contribution in [1.82, 2.24) is 4.98 Å². The number of para-hydroxylation sites is 1. The third-order valence-electron chi connectivity index (χ3n) is 3.20. The fraction of sp³-hybridized carbons (Fsp3) is 0.125. The Morgan fingerprint density at radius 1 is 1.05 bits per heavy atom. The van der Waals surface area contributed by atoms with Crippen LogP contribution in [-0.4, -0.2) is 4.98 Å². The van der Waals surface area contributed by atoms with E-state index in [4.69, 9.17) is 23.2 Å². The molecule has 0 aliphatic carbocycles. The molecule has 2 aromatic carbocycles. The van der Waals surface area contributed by atoms with Crippen molar-refractivity contribution in [3.63, 3.8) is 0 Å². The number of hydrogen-bond acceptors (Lipinski definition) is 1. The van der Waals surface area contributed by atoms with Crippen LogP contribution in [0.25, 0.3) is 10.9 Å². The molecule has 20 heavy (non-hydrogen) atoms. The maximum Gasteiger partial charge on any atom is 0.0595 e. The number of benzene rings is 2. The second-order valence-corrected chi connectivity index (χ2v) is 6.46. The summed E-state index contributed by atoms with van der Waals surface area (Å²) in [4.78, 5) is 4.71. The van der Waals surface area contributed by atoms with E-state index in [1.165, 1.54) is 27.1 Å². The lowest BCUT2D eigenvalue weighted by atomic mass is 10.2. The van der Waals surface area contributed by atoms with Crippen molar-refractivity contribution >= 4 is 45.9 Å². The number of aromatic amines is 1. The highest BCUT2D eigenvalue weighted by Gasteiger charge is 2.09. The van der Waals surface area contributed by atoms with E-state index in [0.29, 0.717) is 10.0 Å². The molecule has 1 heterocycles. The van der Waals surface area contributed by atoms with Crippen molar-refractivity contribution in [1.29, 1.82) is 0 Å². The molecule has 0 amide bonds. The number of fused-ring (bicyclic) bond motifs is 1. The van der Waals surface area contributed by atoms with Crippen LogP contribution in [0.15, 0.2) is 47.4 Å². The second-order valence-electron chi connectivity index (χ2n) is 4.66. The van der Waals surface area contributed by atoms with Gasteiger partial charge in [-0.05, 0) is 30.7 Å². The Morgan fingerprint density at radius 2 is 1.85 bits per heavy atom. The van der Waals surface area contributed by atoms with E-state index in [1.54, 1.807) is 0 Å². The van der Waals surface area contributed by atoms with Crippen molar-refractivity contribution in [2.45, 2.75) is 17.6 Å². The minimum atomic E-state index is 0.601. The van der Waals surface area contributed by atoms with Crippen LogP contribution in [0.3, 0.4) is 0 Å². The van der Waals surface area contributed by atoms with Gasteiger partial charge in [0.1, 0.15) is 0 Å². The van der Waals surface area contributed by atoms with Crippen molar-refractivity contribution in [2.24, 2.45) is 0 Å². The molecule has 0 aliphatic heterocycles. The summed E-state index contributed by atoms with van der Waals surface area (Å²) >= 11 is 13.8. The molecule has 1 aromatic heterocycles. The van der Waals surface area contributed by atoms with Crippen molar-refractivity contribution in [3.05, 3.63) is 63.8 Å². The molecule has 0 atom stereocenters. The number of aryl methyl sites for hydroxylation is 1. The first kappa shape index (κ1) is 13.9. The number of hydrogen-bond donors (Lipinski definition) is 1. The lowest BCUT2D eigenvalue weighted by Crippen LogP contribution is -1.82. The Hall–Kier alpha value is -1.09. The molecule has 0 radical (unpaired) electrons. The van der Waals surface area contributed by atoms with Gasteiger partial charge in [0, 0.05) is 27.2 Å². The van der Waals surface area contributed by atoms with Gasteiger partial charge in [-0.15, -0.1) is 11.8 Å². The van der Waals surface area contributed by atoms with Crippen LogP contribution in [-0.2, 0) is 5.75 Å². The van der Waals surface area contributed by atoms with Crippen molar-refractivity contribution < 1.29 is 0 Å². The monoisotopic (exact) mass is 321 g/mol. The summed E-state index contributed by atoms with van der Waals surface area (Å²) in [6.45, 7) is 2.11. The Bertz CT molecular complexity index is 764. The van der Waals surface area contributed by atoms with E-state index in [9.17, 15) is 0 Å². The topological polar surface area (TPSA) is 15.8 Å². The Morgan fingerprint density at radius 3 is 2.65 bits per heavy atom. The Kier molecular flexibility index (Phi) is 3.97. The molecule has 3 aromatic rings. The third-order valence-corrected chi connectivity index (χ3v) is 5.23. The van der Waals surface area contributed by atoms with Crippen molar-refractivity contribution in [2.75, 3.05) is 0 Å². The van der Waals surface area contributed by atoms with Gasteiger partial charge in [0.05, 0.1) is 10.0 Å². The highest BCUT2D eigenvalue weighted by molar-refractivity contribution is 7.98. The largest absolute Gasteiger partial charge is 0.358 e. The summed E-state index contributed by atoms with van der Waals surface area (Å²) in [7, 11) is 0. The second kappa shape index (κ2) is 5.72. The van der Waals surface area contributed by atoms with Crippen LogP contribution < -0.4 is 0 Å². The molecular formula is C16H13Cl2NS. The number of thioether (sulfide) groups is 1. The van der Waals surface area contributed by atoms with E-state index < -0.39 is 0 Å². The van der Waals surface area contributed by atoms with Crippen LogP contribution in [0.2, 0.25) is 10.0 Å². The van der Waals surface area contributed by atoms with Gasteiger partial charge in [0.15, 0.2) is 0 Å². The summed E-state index contributed by atoms with van der Waals surface area (Å²) < 4.78 is 0. The third kappa shape index (κ3) is 2.69. The zero-order valence-electron chi connectivity index (χ0n) is 10.9. The summed E-state index contributed by atoms with van der Waals surface area (Å²) in [6.07, 6.45) is 0. The molecule has 0 fully saturated rings. The summed E-state index contributed by atoms with van der Waals surface area (Å²) in [5.74, 6) is 0.875. The average molecular weight is 322 g/mol. The van der Waals surface area contributed by atoms with E-state index in [2.05, 4.69) is 30.1 Å². The first-order valence-corrected chi connectivity index (χ1v) is 8.03. The zero-order valence-corrected chi connectivity index (χ0v) is 13.2. The minimum Gasteiger partial charge on any atom is -0.358 e. The smallest absolute Gasteiger partial charge is 0.0595 e. The Balaban J connectivity index is 1.86. The highest BCUT2D eigenvalue weighted by Crippen LogP contribution is 2.34. The van der Waals surface area contributed by atoms with E-state index >= 15 is 0 Å². The predicted octanol–water partition coefficient (Wildman–Crippen LogP) is 6.08. The van der Waals surface area contributed by atoms with Gasteiger partial charge in [0.2, 0.25) is 0 Å². The van der Waals surface area contributed by atoms with Gasteiger partial charge in [-0.3, -0.25) is 0 Å². The van der Waals surface area contributed by atoms with Crippen LogP contribution in [0.4, 0.5) is 0 Å². The molecule has 3 rings (SSSR count). The molecule has 0 saturated carbocycles. The molecule has 0 bridgehead atoms. The lowest BCUT2D eigenvalue weighted by molar-refractivity contribution is 1.22. The maximum absolute atomic E-state index is 6.05. The van der Waals surface area contributed by atoms with Gasteiger partial charge in [-0.1, -0.05) is 47.5 Å². The van der Waals surface area contributed by atoms with E-state index in [-0.39, 0.29) is 0 Å². The first-order valence-electron chi connectivity index (χ1n) is 6.29. The summed E-state index contributed by atoms with van der Waals surface area (Å²) in [5, 5.41) is 2.49. The number of rotatable bonds is 3. The fourth-order valence-electron chi connectivity index (χ4n) is 2.22. The van der Waals surface area contributed by atoms with Crippen LogP contribution in [0.1, 0.15) is 11.3 Å². The Labute approximate surface area is 132 Å². The van der Waals surface area contributed by atoms with Crippen LogP contribution in [0, 0.1) is 6.92 Å².